The average molecular weight is 535 g/mol. The summed E-state index contributed by atoms with van der Waals surface area (Å²) in [5, 5.41) is 11.8. The Hall–Kier alpha value is -2.65. The van der Waals surface area contributed by atoms with Crippen LogP contribution < -0.4 is 16.2 Å². The Morgan fingerprint density at radius 1 is 0.667 bits per heavy atom. The highest BCUT2D eigenvalue weighted by Crippen LogP contribution is 2.37. The van der Waals surface area contributed by atoms with E-state index in [4.69, 9.17) is 23.7 Å². The molecule has 3 fully saturated rings. The Labute approximate surface area is 232 Å². The summed E-state index contributed by atoms with van der Waals surface area (Å²) in [6, 6.07) is 14.4. The van der Waals surface area contributed by atoms with Crippen LogP contribution in [0.2, 0.25) is 0 Å². The molecule has 1 amide bonds. The number of benzene rings is 2. The smallest absolute Gasteiger partial charge is 0.478 e. The molecule has 208 valence electrons. The normalized spacial score (nSPS) is 22.2. The molecule has 2 saturated heterocycles. The quantitative estimate of drug-likeness (QED) is 0.565. The van der Waals surface area contributed by atoms with Crippen LogP contribution in [0.4, 0.5) is 0 Å². The van der Waals surface area contributed by atoms with Crippen molar-refractivity contribution in [2.75, 3.05) is 0 Å². The summed E-state index contributed by atoms with van der Waals surface area (Å²) in [5.74, 6) is -0.937. The number of carboxylic acids is 1. The second-order valence-corrected chi connectivity index (χ2v) is 12.5. The zero-order chi connectivity index (χ0) is 28.8. The Balaban J connectivity index is 0.000000183. The van der Waals surface area contributed by atoms with E-state index in [-0.39, 0.29) is 41.0 Å². The van der Waals surface area contributed by atoms with E-state index in [9.17, 15) is 9.59 Å². The van der Waals surface area contributed by atoms with Crippen molar-refractivity contribution in [3.63, 3.8) is 0 Å². The fourth-order valence-electron chi connectivity index (χ4n) is 4.03. The second-order valence-electron chi connectivity index (χ2n) is 12.5. The third-order valence-corrected chi connectivity index (χ3v) is 8.29. The van der Waals surface area contributed by atoms with Crippen molar-refractivity contribution in [2.45, 2.75) is 96.7 Å². The van der Waals surface area contributed by atoms with Crippen LogP contribution in [-0.4, -0.2) is 59.7 Å². The van der Waals surface area contributed by atoms with Crippen LogP contribution in [-0.2, 0) is 18.6 Å². The summed E-state index contributed by atoms with van der Waals surface area (Å²) in [6.45, 7) is 16.1. The first-order valence-electron chi connectivity index (χ1n) is 13.5. The monoisotopic (exact) mass is 535 g/mol. The number of hydrogen-bond acceptors (Lipinski definition) is 6. The molecule has 5 rings (SSSR count). The molecule has 0 bridgehead atoms. The Kier molecular flexibility index (Phi) is 7.82. The molecule has 2 aliphatic heterocycles. The van der Waals surface area contributed by atoms with E-state index in [1.54, 1.807) is 24.3 Å². The largest absolute Gasteiger partial charge is 0.494 e. The van der Waals surface area contributed by atoms with E-state index < -0.39 is 13.1 Å². The first kappa shape index (κ1) is 29.3. The van der Waals surface area contributed by atoms with Crippen molar-refractivity contribution in [1.82, 2.24) is 5.32 Å². The predicted octanol–water partition coefficient (Wildman–Crippen LogP) is 3.56. The lowest BCUT2D eigenvalue weighted by atomic mass is 9.79. The van der Waals surface area contributed by atoms with Gasteiger partial charge < -0.3 is 29.0 Å². The summed E-state index contributed by atoms with van der Waals surface area (Å²) >= 11 is 0. The number of aromatic carboxylic acids is 1. The number of carbonyl (C=O) groups excluding carboxylic acids is 1. The summed E-state index contributed by atoms with van der Waals surface area (Å²) in [4.78, 5) is 22.7. The van der Waals surface area contributed by atoms with Crippen LogP contribution in [0, 0.1) is 0 Å². The van der Waals surface area contributed by atoms with Crippen LogP contribution in [0.5, 0.6) is 0 Å². The van der Waals surface area contributed by atoms with Crippen molar-refractivity contribution in [3.8, 4) is 0 Å². The van der Waals surface area contributed by atoms with Gasteiger partial charge in [-0.05, 0) is 103 Å². The van der Waals surface area contributed by atoms with Gasteiger partial charge in [0.05, 0.1) is 28.0 Å². The first-order chi connectivity index (χ1) is 18.0. The van der Waals surface area contributed by atoms with Crippen LogP contribution in [0.1, 0.15) is 88.9 Å². The van der Waals surface area contributed by atoms with Gasteiger partial charge in [0, 0.05) is 11.6 Å². The Morgan fingerprint density at radius 2 is 1.00 bits per heavy atom. The van der Waals surface area contributed by atoms with E-state index >= 15 is 0 Å². The van der Waals surface area contributed by atoms with Gasteiger partial charge in [0.2, 0.25) is 0 Å². The number of hydrogen-bond donors (Lipinski definition) is 2. The van der Waals surface area contributed by atoms with Gasteiger partial charge in [-0.1, -0.05) is 24.3 Å². The number of carboxylic acid groups (broad SMARTS) is 1. The lowest BCUT2D eigenvalue weighted by molar-refractivity contribution is 0.00578. The van der Waals surface area contributed by atoms with E-state index in [2.05, 4.69) is 5.32 Å². The van der Waals surface area contributed by atoms with Crippen LogP contribution in [0.3, 0.4) is 0 Å². The molecule has 2 N–H and O–H groups in total. The summed E-state index contributed by atoms with van der Waals surface area (Å²) in [6.07, 6.45) is 2.19. The lowest BCUT2D eigenvalue weighted by Crippen LogP contribution is -2.41. The fourth-order valence-corrected chi connectivity index (χ4v) is 4.03. The molecule has 2 aromatic rings. The van der Waals surface area contributed by atoms with E-state index in [1.165, 1.54) is 0 Å². The van der Waals surface area contributed by atoms with Gasteiger partial charge in [0.1, 0.15) is 0 Å². The van der Waals surface area contributed by atoms with Gasteiger partial charge in [-0.25, -0.2) is 4.79 Å². The number of carbonyl (C=O) groups is 2. The maximum atomic E-state index is 12.0. The van der Waals surface area contributed by atoms with Gasteiger partial charge >= 0.3 is 20.2 Å². The van der Waals surface area contributed by atoms with E-state index in [0.29, 0.717) is 11.6 Å². The van der Waals surface area contributed by atoms with Crippen molar-refractivity contribution >= 4 is 37.0 Å². The first-order valence-corrected chi connectivity index (χ1v) is 13.5. The van der Waals surface area contributed by atoms with Gasteiger partial charge in [0.25, 0.3) is 5.91 Å². The standard InChI is InChI=1S/C16H22BNO3.C13H17BO4/c1-15(2)16(3,4)21-17(20-15)12-7-5-11(6-8-12)14(19)18-13-9-10-13;1-12(2)13(3,4)18-14(17-12)10-7-5-9(6-8-10)11(15)16/h5-8,13H,9-10H2,1-4H3,(H,18,19);5-8H,1-4H3,(H,15,16). The zero-order valence-corrected chi connectivity index (χ0v) is 24.2. The molecule has 3 aliphatic rings. The van der Waals surface area contributed by atoms with Crippen molar-refractivity contribution in [3.05, 3.63) is 59.7 Å². The van der Waals surface area contributed by atoms with Crippen molar-refractivity contribution in [1.29, 1.82) is 0 Å². The highest BCUT2D eigenvalue weighted by atomic mass is 16.7. The average Bonchev–Trinajstić information content (AvgIpc) is 3.58. The van der Waals surface area contributed by atoms with Gasteiger partial charge in [-0.3, -0.25) is 4.79 Å². The molecular formula is C29H39B2NO7. The van der Waals surface area contributed by atoms with Crippen molar-refractivity contribution < 1.29 is 33.3 Å². The Morgan fingerprint density at radius 3 is 1.31 bits per heavy atom. The number of amides is 1. The minimum absolute atomic E-state index is 0.00188. The molecule has 10 heteroatoms. The Bertz CT molecular complexity index is 1170. The summed E-state index contributed by atoms with van der Waals surface area (Å²) in [5.41, 5.74) is 1.25. The van der Waals surface area contributed by atoms with Gasteiger partial charge in [-0.15, -0.1) is 0 Å². The van der Waals surface area contributed by atoms with Gasteiger partial charge in [-0.2, -0.15) is 0 Å². The highest BCUT2D eigenvalue weighted by molar-refractivity contribution is 6.62. The topological polar surface area (TPSA) is 103 Å². The highest BCUT2D eigenvalue weighted by Gasteiger charge is 2.52. The predicted molar refractivity (Wildman–Crippen MR) is 152 cm³/mol. The molecule has 0 aromatic heterocycles. The molecule has 8 nitrogen and oxygen atoms in total. The second kappa shape index (κ2) is 10.4. The van der Waals surface area contributed by atoms with Crippen LogP contribution >= 0.6 is 0 Å². The molecule has 2 aromatic carbocycles. The van der Waals surface area contributed by atoms with Crippen LogP contribution in [0.25, 0.3) is 0 Å². The van der Waals surface area contributed by atoms with Crippen LogP contribution in [0.15, 0.2) is 48.5 Å². The van der Waals surface area contributed by atoms with E-state index in [1.807, 2.05) is 79.7 Å². The van der Waals surface area contributed by atoms with Crippen molar-refractivity contribution in [2.24, 2.45) is 0 Å². The summed E-state index contributed by atoms with van der Waals surface area (Å²) < 4.78 is 23.8. The fraction of sp³-hybridized carbons (Fsp3) is 0.517. The third-order valence-electron chi connectivity index (χ3n) is 8.29. The molecule has 0 radical (unpaired) electrons. The molecule has 2 heterocycles. The molecule has 1 aliphatic carbocycles. The molecule has 1 saturated carbocycles. The van der Waals surface area contributed by atoms with Gasteiger partial charge in [0.15, 0.2) is 0 Å². The number of nitrogens with one attached hydrogen (secondary N) is 1. The number of rotatable bonds is 5. The minimum Gasteiger partial charge on any atom is -0.478 e. The molecule has 0 unspecified atom stereocenters. The maximum absolute atomic E-state index is 12.0. The molecule has 0 spiro atoms. The molecular weight excluding hydrogens is 496 g/mol. The summed E-state index contributed by atoms with van der Waals surface area (Å²) in [7, 11) is -0.826. The molecule has 39 heavy (non-hydrogen) atoms. The maximum Gasteiger partial charge on any atom is 0.494 e. The minimum atomic E-state index is -0.935. The lowest BCUT2D eigenvalue weighted by Gasteiger charge is -2.32. The zero-order valence-electron chi connectivity index (χ0n) is 24.2. The SMILES string of the molecule is CC1(C)OB(c2ccc(C(=O)NC3CC3)cc2)OC1(C)C.CC1(C)OB(c2ccc(C(=O)O)cc2)OC1(C)C. The molecule has 0 atom stereocenters. The third kappa shape index (κ3) is 6.40. The van der Waals surface area contributed by atoms with E-state index in [0.717, 1.165) is 23.8 Å².